The highest BCUT2D eigenvalue weighted by atomic mass is 79.9. The van der Waals surface area contributed by atoms with E-state index in [9.17, 15) is 23.4 Å². The van der Waals surface area contributed by atoms with Crippen LogP contribution in [0.2, 0.25) is 0 Å². The minimum atomic E-state index is -4.51. The average Bonchev–Trinajstić information content (AvgIpc) is 2.57. The lowest BCUT2D eigenvalue weighted by molar-refractivity contribution is -0.138. The number of aromatic nitrogens is 1. The minimum Gasteiger partial charge on any atom is -0.493 e. The minimum absolute atomic E-state index is 0.0751. The summed E-state index contributed by atoms with van der Waals surface area (Å²) in [6, 6.07) is 3.51. The van der Waals surface area contributed by atoms with E-state index in [1.807, 2.05) is 0 Å². The van der Waals surface area contributed by atoms with Gasteiger partial charge in [-0.2, -0.15) is 17.8 Å². The molecule has 0 radical (unpaired) electrons. The highest BCUT2D eigenvalue weighted by Gasteiger charge is 2.33. The van der Waals surface area contributed by atoms with Gasteiger partial charge >= 0.3 is 6.18 Å². The molecule has 0 bridgehead atoms. The molecule has 2 aromatic rings. The molecular weight excluding hydrogens is 353 g/mol. The third kappa shape index (κ3) is 2.80. The molecule has 0 fully saturated rings. The van der Waals surface area contributed by atoms with Crippen molar-refractivity contribution in [2.45, 2.75) is 20.0 Å². The predicted molar refractivity (Wildman–Crippen MR) is 75.4 cm³/mol. The smallest absolute Gasteiger partial charge is 0.417 e. The fraction of sp³-hybridized carbons (Fsp3) is 0.231. The fourth-order valence-electron chi connectivity index (χ4n) is 1.82. The van der Waals surface area contributed by atoms with Crippen molar-refractivity contribution in [3.8, 4) is 11.8 Å². The topological polar surface area (TPSA) is 57.4 Å². The number of anilines is 1. The number of aromatic hydroxyl groups is 2. The molecule has 0 spiro atoms. The van der Waals surface area contributed by atoms with Crippen LogP contribution >= 0.6 is 15.9 Å². The zero-order valence-electron chi connectivity index (χ0n) is 11.1. The molecule has 0 aliphatic carbocycles. The Balaban J connectivity index is 2.44. The summed E-state index contributed by atoms with van der Waals surface area (Å²) < 4.78 is 39.3. The zero-order valence-corrected chi connectivity index (χ0v) is 12.7. The van der Waals surface area contributed by atoms with E-state index in [1.54, 1.807) is 13.8 Å². The van der Waals surface area contributed by atoms with E-state index in [1.165, 1.54) is 12.1 Å². The maximum atomic E-state index is 12.8. The van der Waals surface area contributed by atoms with Crippen LogP contribution in [0, 0.1) is 13.8 Å². The average molecular weight is 365 g/mol. The quantitative estimate of drug-likeness (QED) is 0.749. The van der Waals surface area contributed by atoms with Crippen LogP contribution in [0.1, 0.15) is 16.7 Å². The van der Waals surface area contributed by atoms with Gasteiger partial charge in [0.15, 0.2) is 0 Å². The first kappa shape index (κ1) is 15.6. The number of nitrogens with zero attached hydrogens (tertiary/aromatic N) is 1. The standard InChI is InChI=1S/C13H12BrF3N2O2/c1-6-7(2)12(21)19(11(6)20)18-8-3-4-10(14)9(5-8)13(15,16)17/h3-5,18,20-21H,1-2H3. The second kappa shape index (κ2) is 5.18. The van der Waals surface area contributed by atoms with E-state index in [0.29, 0.717) is 11.1 Å². The van der Waals surface area contributed by atoms with Crippen LogP contribution in [-0.4, -0.2) is 14.9 Å². The first-order chi connectivity index (χ1) is 9.62. The Hall–Kier alpha value is -1.83. The fourth-order valence-corrected chi connectivity index (χ4v) is 2.29. The molecule has 0 unspecified atom stereocenters. The summed E-state index contributed by atoms with van der Waals surface area (Å²) in [4.78, 5) is 0. The largest absolute Gasteiger partial charge is 0.493 e. The Morgan fingerprint density at radius 3 is 2.10 bits per heavy atom. The molecule has 21 heavy (non-hydrogen) atoms. The summed E-state index contributed by atoms with van der Waals surface area (Å²) >= 11 is 2.84. The van der Waals surface area contributed by atoms with Crippen molar-refractivity contribution in [1.29, 1.82) is 0 Å². The predicted octanol–water partition coefficient (Wildman–Crippen LogP) is 4.17. The number of benzene rings is 1. The van der Waals surface area contributed by atoms with Crippen molar-refractivity contribution in [2.24, 2.45) is 0 Å². The van der Waals surface area contributed by atoms with Crippen LogP contribution in [0.3, 0.4) is 0 Å². The molecular formula is C13H12BrF3N2O2. The molecule has 1 heterocycles. The monoisotopic (exact) mass is 364 g/mol. The molecule has 114 valence electrons. The number of hydrogen-bond acceptors (Lipinski definition) is 3. The van der Waals surface area contributed by atoms with Crippen molar-refractivity contribution in [3.05, 3.63) is 39.4 Å². The number of halogens is 4. The lowest BCUT2D eigenvalue weighted by atomic mass is 10.2. The van der Waals surface area contributed by atoms with E-state index < -0.39 is 11.7 Å². The Labute approximate surface area is 126 Å². The Morgan fingerprint density at radius 1 is 1.10 bits per heavy atom. The number of hydrogen-bond donors (Lipinski definition) is 3. The number of rotatable bonds is 2. The van der Waals surface area contributed by atoms with Gasteiger partial charge in [-0.15, -0.1) is 0 Å². The van der Waals surface area contributed by atoms with Gasteiger partial charge in [-0.05, 0) is 32.0 Å². The molecule has 0 aliphatic heterocycles. The van der Waals surface area contributed by atoms with Gasteiger partial charge in [0.25, 0.3) is 0 Å². The highest BCUT2D eigenvalue weighted by molar-refractivity contribution is 9.10. The van der Waals surface area contributed by atoms with Gasteiger partial charge in [0.1, 0.15) is 0 Å². The van der Waals surface area contributed by atoms with Gasteiger partial charge in [0.2, 0.25) is 11.8 Å². The summed E-state index contributed by atoms with van der Waals surface area (Å²) in [7, 11) is 0. The van der Waals surface area contributed by atoms with E-state index in [-0.39, 0.29) is 21.9 Å². The number of alkyl halides is 3. The third-order valence-corrected chi connectivity index (χ3v) is 3.86. The van der Waals surface area contributed by atoms with Crippen molar-refractivity contribution in [3.63, 3.8) is 0 Å². The normalized spacial score (nSPS) is 11.7. The van der Waals surface area contributed by atoms with Crippen molar-refractivity contribution < 1.29 is 23.4 Å². The van der Waals surface area contributed by atoms with Crippen LogP contribution in [-0.2, 0) is 6.18 Å². The van der Waals surface area contributed by atoms with Gasteiger partial charge in [0, 0.05) is 15.6 Å². The summed E-state index contributed by atoms with van der Waals surface area (Å²) in [5.41, 5.74) is 2.63. The summed E-state index contributed by atoms with van der Waals surface area (Å²) in [6.07, 6.45) is -4.51. The van der Waals surface area contributed by atoms with Crippen LogP contribution in [0.15, 0.2) is 22.7 Å². The number of nitrogens with one attached hydrogen (secondary N) is 1. The molecule has 8 heteroatoms. The van der Waals surface area contributed by atoms with E-state index >= 15 is 0 Å². The molecule has 2 rings (SSSR count). The Bertz CT molecular complexity index is 670. The van der Waals surface area contributed by atoms with Crippen LogP contribution < -0.4 is 5.43 Å². The molecule has 0 saturated carbocycles. The summed E-state index contributed by atoms with van der Waals surface area (Å²) in [5, 5.41) is 19.7. The Kier molecular flexibility index (Phi) is 3.83. The molecule has 1 aromatic carbocycles. The van der Waals surface area contributed by atoms with Crippen LogP contribution in [0.25, 0.3) is 0 Å². The maximum absolute atomic E-state index is 12.8. The Morgan fingerprint density at radius 2 is 1.62 bits per heavy atom. The van der Waals surface area contributed by atoms with Crippen LogP contribution in [0.4, 0.5) is 18.9 Å². The van der Waals surface area contributed by atoms with Gasteiger partial charge in [-0.25, -0.2) is 0 Å². The van der Waals surface area contributed by atoms with E-state index in [4.69, 9.17) is 0 Å². The van der Waals surface area contributed by atoms with E-state index in [0.717, 1.165) is 10.7 Å². The van der Waals surface area contributed by atoms with Gasteiger partial charge < -0.3 is 10.2 Å². The lowest BCUT2D eigenvalue weighted by Gasteiger charge is -2.14. The van der Waals surface area contributed by atoms with Gasteiger partial charge in [-0.3, -0.25) is 5.43 Å². The second-order valence-electron chi connectivity index (χ2n) is 4.54. The summed E-state index contributed by atoms with van der Waals surface area (Å²) in [6.45, 7) is 3.18. The molecule has 0 amide bonds. The molecule has 0 saturated heterocycles. The van der Waals surface area contributed by atoms with Gasteiger partial charge in [0.05, 0.1) is 11.3 Å². The maximum Gasteiger partial charge on any atom is 0.417 e. The van der Waals surface area contributed by atoms with Crippen LogP contribution in [0.5, 0.6) is 11.8 Å². The third-order valence-electron chi connectivity index (χ3n) is 3.17. The van der Waals surface area contributed by atoms with E-state index in [2.05, 4.69) is 21.4 Å². The molecule has 4 nitrogen and oxygen atoms in total. The molecule has 0 atom stereocenters. The highest BCUT2D eigenvalue weighted by Crippen LogP contribution is 2.37. The molecule has 1 aromatic heterocycles. The first-order valence-corrected chi connectivity index (χ1v) is 6.65. The van der Waals surface area contributed by atoms with Crippen molar-refractivity contribution in [1.82, 2.24) is 4.68 Å². The first-order valence-electron chi connectivity index (χ1n) is 5.86. The van der Waals surface area contributed by atoms with Crippen molar-refractivity contribution in [2.75, 3.05) is 5.43 Å². The molecule has 0 aliphatic rings. The lowest BCUT2D eigenvalue weighted by Crippen LogP contribution is -2.11. The zero-order chi connectivity index (χ0) is 15.9. The van der Waals surface area contributed by atoms with Gasteiger partial charge in [-0.1, -0.05) is 15.9 Å². The van der Waals surface area contributed by atoms with Crippen molar-refractivity contribution >= 4 is 21.6 Å². The second-order valence-corrected chi connectivity index (χ2v) is 5.39. The SMILES string of the molecule is Cc1c(C)c(O)n(Nc2ccc(Br)c(C(F)(F)F)c2)c1O. The molecule has 3 N–H and O–H groups in total. The summed E-state index contributed by atoms with van der Waals surface area (Å²) in [5.74, 6) is -0.525.